The normalized spacial score (nSPS) is 12.4. The first kappa shape index (κ1) is 14.7. The van der Waals surface area contributed by atoms with E-state index in [2.05, 4.69) is 31.9 Å². The molecule has 0 saturated heterocycles. The molecule has 0 radical (unpaired) electrons. The first-order valence-electron chi connectivity index (χ1n) is 5.91. The second-order valence-electron chi connectivity index (χ2n) is 4.39. The lowest BCUT2D eigenvalue weighted by Crippen LogP contribution is -2.15. The van der Waals surface area contributed by atoms with Gasteiger partial charge in [0, 0.05) is 15.4 Å². The minimum absolute atomic E-state index is 0.283. The fourth-order valence-corrected chi connectivity index (χ4v) is 2.80. The molecule has 0 amide bonds. The van der Waals surface area contributed by atoms with Crippen LogP contribution in [-0.4, -0.2) is 11.2 Å². The van der Waals surface area contributed by atoms with Gasteiger partial charge in [-0.05, 0) is 41.8 Å². The SMILES string of the molecule is OC(Cc1cc(Br)ccc1F)Cc1ccccc1Br. The zero-order chi connectivity index (χ0) is 13.8. The van der Waals surface area contributed by atoms with E-state index in [9.17, 15) is 9.50 Å². The lowest BCUT2D eigenvalue weighted by molar-refractivity contribution is 0.174. The van der Waals surface area contributed by atoms with Crippen molar-refractivity contribution < 1.29 is 9.50 Å². The number of hydrogen-bond donors (Lipinski definition) is 1. The Morgan fingerprint density at radius 1 is 1.00 bits per heavy atom. The minimum Gasteiger partial charge on any atom is -0.392 e. The van der Waals surface area contributed by atoms with Gasteiger partial charge in [-0.2, -0.15) is 0 Å². The Morgan fingerprint density at radius 2 is 1.68 bits per heavy atom. The molecule has 0 aromatic heterocycles. The molecule has 1 nitrogen and oxygen atoms in total. The maximum absolute atomic E-state index is 13.6. The molecule has 1 unspecified atom stereocenters. The van der Waals surface area contributed by atoms with Gasteiger partial charge in [-0.3, -0.25) is 0 Å². The smallest absolute Gasteiger partial charge is 0.126 e. The van der Waals surface area contributed by atoms with Crippen LogP contribution < -0.4 is 0 Å². The summed E-state index contributed by atoms with van der Waals surface area (Å²) in [4.78, 5) is 0. The van der Waals surface area contributed by atoms with Gasteiger partial charge < -0.3 is 5.11 Å². The molecule has 0 aliphatic rings. The first-order valence-corrected chi connectivity index (χ1v) is 7.50. The van der Waals surface area contributed by atoms with Crippen LogP contribution in [0.5, 0.6) is 0 Å². The third-order valence-corrected chi connectivity index (χ3v) is 4.14. The molecule has 0 saturated carbocycles. The van der Waals surface area contributed by atoms with Crippen LogP contribution in [0.2, 0.25) is 0 Å². The highest BCUT2D eigenvalue weighted by atomic mass is 79.9. The minimum atomic E-state index is -0.609. The van der Waals surface area contributed by atoms with Crippen molar-refractivity contribution in [1.29, 1.82) is 0 Å². The van der Waals surface area contributed by atoms with E-state index in [1.54, 1.807) is 12.1 Å². The Kier molecular flexibility index (Phi) is 5.13. The standard InChI is InChI=1S/C15H13Br2FO/c16-12-5-6-15(18)11(7-12)9-13(19)8-10-3-1-2-4-14(10)17/h1-7,13,19H,8-9H2. The van der Waals surface area contributed by atoms with Crippen molar-refractivity contribution in [3.05, 3.63) is 68.4 Å². The Hall–Kier alpha value is -0.710. The van der Waals surface area contributed by atoms with Gasteiger partial charge in [0.25, 0.3) is 0 Å². The van der Waals surface area contributed by atoms with E-state index in [-0.39, 0.29) is 5.82 Å². The van der Waals surface area contributed by atoms with Gasteiger partial charge in [-0.1, -0.05) is 50.1 Å². The summed E-state index contributed by atoms with van der Waals surface area (Å²) in [5, 5.41) is 10.1. The summed E-state index contributed by atoms with van der Waals surface area (Å²) < 4.78 is 15.4. The Bertz CT molecular complexity index is 572. The van der Waals surface area contributed by atoms with Gasteiger partial charge in [0.15, 0.2) is 0 Å². The summed E-state index contributed by atoms with van der Waals surface area (Å²) in [7, 11) is 0. The van der Waals surface area contributed by atoms with E-state index in [0.29, 0.717) is 18.4 Å². The van der Waals surface area contributed by atoms with E-state index < -0.39 is 6.10 Å². The quantitative estimate of drug-likeness (QED) is 0.818. The van der Waals surface area contributed by atoms with Crippen molar-refractivity contribution in [2.75, 3.05) is 0 Å². The Morgan fingerprint density at radius 3 is 2.42 bits per heavy atom. The largest absolute Gasteiger partial charge is 0.392 e. The number of halogens is 3. The summed E-state index contributed by atoms with van der Waals surface area (Å²) >= 11 is 6.75. The topological polar surface area (TPSA) is 20.2 Å². The van der Waals surface area contributed by atoms with Crippen LogP contribution in [0.3, 0.4) is 0 Å². The van der Waals surface area contributed by atoms with Gasteiger partial charge in [0.2, 0.25) is 0 Å². The van der Waals surface area contributed by atoms with Gasteiger partial charge in [-0.25, -0.2) is 4.39 Å². The van der Waals surface area contributed by atoms with Crippen molar-refractivity contribution in [2.45, 2.75) is 18.9 Å². The number of rotatable bonds is 4. The molecule has 1 atom stereocenters. The van der Waals surface area contributed by atoms with Crippen LogP contribution in [0.25, 0.3) is 0 Å². The van der Waals surface area contributed by atoms with Gasteiger partial charge in [0.05, 0.1) is 6.10 Å². The lowest BCUT2D eigenvalue weighted by Gasteiger charge is -2.13. The van der Waals surface area contributed by atoms with Gasteiger partial charge in [-0.15, -0.1) is 0 Å². The van der Waals surface area contributed by atoms with Crippen molar-refractivity contribution in [3.8, 4) is 0 Å². The summed E-state index contributed by atoms with van der Waals surface area (Å²) in [6.07, 6.45) is 0.183. The maximum Gasteiger partial charge on any atom is 0.126 e. The van der Waals surface area contributed by atoms with Crippen LogP contribution in [0.15, 0.2) is 51.4 Å². The zero-order valence-electron chi connectivity index (χ0n) is 10.1. The highest BCUT2D eigenvalue weighted by Crippen LogP contribution is 2.21. The molecule has 0 aliphatic carbocycles. The van der Waals surface area contributed by atoms with Crippen molar-refractivity contribution >= 4 is 31.9 Å². The maximum atomic E-state index is 13.6. The van der Waals surface area contributed by atoms with Crippen LogP contribution in [0.4, 0.5) is 4.39 Å². The number of aliphatic hydroxyl groups excluding tert-OH is 1. The number of hydrogen-bond acceptors (Lipinski definition) is 1. The number of aliphatic hydroxyl groups is 1. The average molecular weight is 388 g/mol. The molecular formula is C15H13Br2FO. The fraction of sp³-hybridized carbons (Fsp3) is 0.200. The summed E-state index contributed by atoms with van der Waals surface area (Å²) in [5.74, 6) is -0.283. The molecule has 4 heteroatoms. The van der Waals surface area contributed by atoms with Crippen molar-refractivity contribution in [1.82, 2.24) is 0 Å². The molecule has 2 aromatic carbocycles. The third-order valence-electron chi connectivity index (χ3n) is 2.88. The Labute approximate surface area is 128 Å². The lowest BCUT2D eigenvalue weighted by atomic mass is 10.0. The van der Waals surface area contributed by atoms with Gasteiger partial charge in [0.1, 0.15) is 5.82 Å². The second-order valence-corrected chi connectivity index (χ2v) is 6.16. The molecule has 0 heterocycles. The van der Waals surface area contributed by atoms with Crippen LogP contribution in [0.1, 0.15) is 11.1 Å². The molecule has 0 fully saturated rings. The monoisotopic (exact) mass is 386 g/mol. The number of benzene rings is 2. The summed E-state index contributed by atoms with van der Waals surface area (Å²) in [6, 6.07) is 12.5. The first-order chi connectivity index (χ1) is 9.06. The highest BCUT2D eigenvalue weighted by Gasteiger charge is 2.12. The molecule has 0 aliphatic heterocycles. The summed E-state index contributed by atoms with van der Waals surface area (Å²) in [6.45, 7) is 0. The average Bonchev–Trinajstić information content (AvgIpc) is 2.37. The fourth-order valence-electron chi connectivity index (χ4n) is 1.94. The summed E-state index contributed by atoms with van der Waals surface area (Å²) in [5.41, 5.74) is 1.54. The molecule has 1 N–H and O–H groups in total. The predicted octanol–water partition coefficient (Wildman–Crippen LogP) is 4.50. The van der Waals surface area contributed by atoms with E-state index in [1.807, 2.05) is 24.3 Å². The Balaban J connectivity index is 2.07. The molecule has 100 valence electrons. The van der Waals surface area contributed by atoms with Crippen molar-refractivity contribution in [3.63, 3.8) is 0 Å². The van der Waals surface area contributed by atoms with E-state index in [4.69, 9.17) is 0 Å². The van der Waals surface area contributed by atoms with Crippen molar-refractivity contribution in [2.24, 2.45) is 0 Å². The molecule has 0 spiro atoms. The van der Waals surface area contributed by atoms with Crippen LogP contribution in [-0.2, 0) is 12.8 Å². The molecular weight excluding hydrogens is 375 g/mol. The van der Waals surface area contributed by atoms with E-state index in [0.717, 1.165) is 14.5 Å². The molecule has 2 rings (SSSR count). The van der Waals surface area contributed by atoms with E-state index >= 15 is 0 Å². The van der Waals surface area contributed by atoms with Crippen LogP contribution in [0, 0.1) is 5.82 Å². The van der Waals surface area contributed by atoms with Crippen LogP contribution >= 0.6 is 31.9 Å². The highest BCUT2D eigenvalue weighted by molar-refractivity contribution is 9.10. The molecule has 0 bridgehead atoms. The third kappa shape index (κ3) is 4.13. The second kappa shape index (κ2) is 6.64. The van der Waals surface area contributed by atoms with Gasteiger partial charge >= 0.3 is 0 Å². The molecule has 2 aromatic rings. The predicted molar refractivity (Wildman–Crippen MR) is 81.7 cm³/mol. The molecule has 19 heavy (non-hydrogen) atoms. The van der Waals surface area contributed by atoms with E-state index in [1.165, 1.54) is 6.07 Å². The zero-order valence-corrected chi connectivity index (χ0v) is 13.3.